The van der Waals surface area contributed by atoms with E-state index in [-0.39, 0.29) is 18.3 Å². The van der Waals surface area contributed by atoms with E-state index in [4.69, 9.17) is 0 Å². The Morgan fingerprint density at radius 1 is 1.42 bits per heavy atom. The van der Waals surface area contributed by atoms with E-state index < -0.39 is 5.60 Å². The van der Waals surface area contributed by atoms with E-state index in [2.05, 4.69) is 5.32 Å². The van der Waals surface area contributed by atoms with Gasteiger partial charge in [-0.15, -0.1) is 0 Å². The van der Waals surface area contributed by atoms with Gasteiger partial charge in [-0.1, -0.05) is 12.1 Å². The van der Waals surface area contributed by atoms with Crippen LogP contribution >= 0.6 is 11.8 Å². The van der Waals surface area contributed by atoms with Crippen LogP contribution in [0.5, 0.6) is 0 Å². The van der Waals surface area contributed by atoms with Crippen LogP contribution in [0.2, 0.25) is 0 Å². The SMILES string of the molecule is Cc1cc(C(=O)NCC2(O)CCSC2)c(C)n1-c1ccccc1F. The van der Waals surface area contributed by atoms with Gasteiger partial charge in [-0.3, -0.25) is 4.79 Å². The molecule has 1 atom stereocenters. The van der Waals surface area contributed by atoms with Crippen LogP contribution in [0.1, 0.15) is 28.2 Å². The van der Waals surface area contributed by atoms with E-state index in [9.17, 15) is 14.3 Å². The molecule has 1 aromatic heterocycles. The molecular formula is C18H21FN2O2S. The maximum absolute atomic E-state index is 14.1. The number of nitrogens with zero attached hydrogens (tertiary/aromatic N) is 1. The highest BCUT2D eigenvalue weighted by Gasteiger charge is 2.32. The van der Waals surface area contributed by atoms with Gasteiger partial charge in [0.1, 0.15) is 5.82 Å². The fourth-order valence-electron chi connectivity index (χ4n) is 3.07. The van der Waals surface area contributed by atoms with Crippen molar-refractivity contribution in [1.29, 1.82) is 0 Å². The van der Waals surface area contributed by atoms with E-state index in [0.29, 0.717) is 29.1 Å². The zero-order valence-corrected chi connectivity index (χ0v) is 14.6. The molecule has 24 heavy (non-hydrogen) atoms. The van der Waals surface area contributed by atoms with Crippen molar-refractivity contribution in [2.75, 3.05) is 18.1 Å². The number of carbonyl (C=O) groups excluding carboxylic acids is 1. The predicted octanol–water partition coefficient (Wildman–Crippen LogP) is 2.83. The lowest BCUT2D eigenvalue weighted by Gasteiger charge is -2.21. The van der Waals surface area contributed by atoms with E-state index in [1.54, 1.807) is 47.5 Å². The number of thioether (sulfide) groups is 1. The molecule has 1 aliphatic heterocycles. The second kappa shape index (κ2) is 6.61. The van der Waals surface area contributed by atoms with Gasteiger partial charge in [0.2, 0.25) is 0 Å². The monoisotopic (exact) mass is 348 g/mol. The smallest absolute Gasteiger partial charge is 0.253 e. The molecule has 2 aromatic rings. The molecule has 1 amide bonds. The predicted molar refractivity (Wildman–Crippen MR) is 94.4 cm³/mol. The van der Waals surface area contributed by atoms with Crippen LogP contribution in [-0.4, -0.2) is 39.2 Å². The number of hydrogen-bond donors (Lipinski definition) is 2. The molecule has 1 aromatic carbocycles. The number of nitrogens with one attached hydrogen (secondary N) is 1. The molecule has 128 valence electrons. The lowest BCUT2D eigenvalue weighted by molar-refractivity contribution is 0.0612. The summed E-state index contributed by atoms with van der Waals surface area (Å²) in [5.41, 5.74) is 1.58. The Morgan fingerprint density at radius 2 is 2.17 bits per heavy atom. The lowest BCUT2D eigenvalue weighted by Crippen LogP contribution is -2.43. The molecule has 1 saturated heterocycles. The average molecular weight is 348 g/mol. The summed E-state index contributed by atoms with van der Waals surface area (Å²) in [6, 6.07) is 8.26. The topological polar surface area (TPSA) is 54.3 Å². The Bertz CT molecular complexity index is 766. The van der Waals surface area contributed by atoms with Gasteiger partial charge in [0.15, 0.2) is 0 Å². The first-order chi connectivity index (χ1) is 11.4. The lowest BCUT2D eigenvalue weighted by atomic mass is 10.0. The molecule has 1 aliphatic rings. The number of halogens is 1. The van der Waals surface area contributed by atoms with Gasteiger partial charge in [-0.25, -0.2) is 4.39 Å². The van der Waals surface area contributed by atoms with Crippen molar-refractivity contribution in [2.45, 2.75) is 25.9 Å². The largest absolute Gasteiger partial charge is 0.387 e. The number of hydrogen-bond acceptors (Lipinski definition) is 3. The number of aromatic nitrogens is 1. The Balaban J connectivity index is 1.83. The minimum absolute atomic E-state index is 0.238. The van der Waals surface area contributed by atoms with Gasteiger partial charge in [0.25, 0.3) is 5.91 Å². The molecule has 6 heteroatoms. The van der Waals surface area contributed by atoms with Crippen LogP contribution in [-0.2, 0) is 0 Å². The van der Waals surface area contributed by atoms with Crippen LogP contribution in [0.25, 0.3) is 5.69 Å². The number of para-hydroxylation sites is 1. The third-order valence-electron chi connectivity index (χ3n) is 4.43. The first kappa shape index (κ1) is 17.0. The molecular weight excluding hydrogens is 327 g/mol. The van der Waals surface area contributed by atoms with E-state index in [1.807, 2.05) is 6.92 Å². The average Bonchev–Trinajstić information content (AvgIpc) is 3.11. The van der Waals surface area contributed by atoms with Crippen LogP contribution in [0, 0.1) is 19.7 Å². The van der Waals surface area contributed by atoms with Crippen LogP contribution in [0.3, 0.4) is 0 Å². The van der Waals surface area contributed by atoms with Gasteiger partial charge >= 0.3 is 0 Å². The van der Waals surface area contributed by atoms with Crippen molar-refractivity contribution in [3.8, 4) is 5.69 Å². The molecule has 0 aliphatic carbocycles. The Labute approximate surface area is 145 Å². The van der Waals surface area contributed by atoms with Gasteiger partial charge in [-0.2, -0.15) is 11.8 Å². The fraction of sp³-hybridized carbons (Fsp3) is 0.389. The number of carbonyl (C=O) groups is 1. The maximum atomic E-state index is 14.1. The quantitative estimate of drug-likeness (QED) is 0.893. The fourth-order valence-corrected chi connectivity index (χ4v) is 4.37. The summed E-state index contributed by atoms with van der Waals surface area (Å²) in [6.07, 6.45) is 0.687. The van der Waals surface area contributed by atoms with Gasteiger partial charge < -0.3 is 15.0 Å². The number of aryl methyl sites for hydroxylation is 1. The molecule has 0 radical (unpaired) electrons. The standard InChI is InChI=1S/C18H21FN2O2S/c1-12-9-14(17(22)20-10-18(23)7-8-24-11-18)13(2)21(12)16-6-4-3-5-15(16)19/h3-6,9,23H,7-8,10-11H2,1-2H3,(H,20,22). The first-order valence-corrected chi connectivity index (χ1v) is 9.09. The number of amides is 1. The molecule has 2 N–H and O–H groups in total. The van der Waals surface area contributed by atoms with Gasteiger partial charge in [-0.05, 0) is 44.2 Å². The molecule has 0 spiro atoms. The molecule has 1 fully saturated rings. The second-order valence-electron chi connectivity index (χ2n) is 6.28. The van der Waals surface area contributed by atoms with Crippen molar-refractivity contribution in [3.63, 3.8) is 0 Å². The van der Waals surface area contributed by atoms with Crippen LogP contribution in [0.15, 0.2) is 30.3 Å². The third kappa shape index (κ3) is 3.21. The summed E-state index contributed by atoms with van der Waals surface area (Å²) < 4.78 is 15.8. The minimum Gasteiger partial charge on any atom is -0.387 e. The highest BCUT2D eigenvalue weighted by atomic mass is 32.2. The second-order valence-corrected chi connectivity index (χ2v) is 7.39. The molecule has 4 nitrogen and oxygen atoms in total. The normalized spacial score (nSPS) is 20.3. The summed E-state index contributed by atoms with van der Waals surface area (Å²) >= 11 is 1.69. The zero-order valence-electron chi connectivity index (χ0n) is 13.8. The summed E-state index contributed by atoms with van der Waals surface area (Å²) in [4.78, 5) is 12.5. The summed E-state index contributed by atoms with van der Waals surface area (Å²) in [5.74, 6) is 0.981. The Hall–Kier alpha value is -1.79. The number of rotatable bonds is 4. The van der Waals surface area contributed by atoms with Crippen molar-refractivity contribution < 1.29 is 14.3 Å². The van der Waals surface area contributed by atoms with Crippen molar-refractivity contribution in [1.82, 2.24) is 9.88 Å². The summed E-state index contributed by atoms with van der Waals surface area (Å²) in [7, 11) is 0. The van der Waals surface area contributed by atoms with Gasteiger partial charge in [0, 0.05) is 23.7 Å². The van der Waals surface area contributed by atoms with Crippen molar-refractivity contribution in [2.24, 2.45) is 0 Å². The molecule has 2 heterocycles. The molecule has 3 rings (SSSR count). The highest BCUT2D eigenvalue weighted by Crippen LogP contribution is 2.27. The van der Waals surface area contributed by atoms with Gasteiger partial charge in [0.05, 0.1) is 16.9 Å². The van der Waals surface area contributed by atoms with Crippen LogP contribution in [0.4, 0.5) is 4.39 Å². The Kier molecular flexibility index (Phi) is 4.69. The minimum atomic E-state index is -0.822. The first-order valence-electron chi connectivity index (χ1n) is 7.93. The molecule has 1 unspecified atom stereocenters. The van der Waals surface area contributed by atoms with Crippen LogP contribution < -0.4 is 5.32 Å². The Morgan fingerprint density at radius 3 is 2.83 bits per heavy atom. The molecule has 0 saturated carbocycles. The highest BCUT2D eigenvalue weighted by molar-refractivity contribution is 7.99. The van der Waals surface area contributed by atoms with E-state index >= 15 is 0 Å². The summed E-state index contributed by atoms with van der Waals surface area (Å²) in [5, 5.41) is 13.2. The zero-order chi connectivity index (χ0) is 17.3. The summed E-state index contributed by atoms with van der Waals surface area (Å²) in [6.45, 7) is 3.88. The maximum Gasteiger partial charge on any atom is 0.253 e. The van der Waals surface area contributed by atoms with E-state index in [0.717, 1.165) is 11.4 Å². The third-order valence-corrected chi connectivity index (χ3v) is 5.66. The van der Waals surface area contributed by atoms with Crippen molar-refractivity contribution in [3.05, 3.63) is 53.1 Å². The van der Waals surface area contributed by atoms with E-state index in [1.165, 1.54) is 6.07 Å². The number of aliphatic hydroxyl groups is 1. The molecule has 0 bridgehead atoms. The number of benzene rings is 1. The van der Waals surface area contributed by atoms with Crippen molar-refractivity contribution >= 4 is 17.7 Å².